The van der Waals surface area contributed by atoms with E-state index in [1.807, 2.05) is 25.1 Å². The molecule has 4 nitrogen and oxygen atoms in total. The second-order valence-corrected chi connectivity index (χ2v) is 4.59. The number of nitrogens with zero attached hydrogens (tertiary/aromatic N) is 1. The van der Waals surface area contributed by atoms with Crippen molar-refractivity contribution in [3.63, 3.8) is 0 Å². The molecule has 1 aromatic carbocycles. The van der Waals surface area contributed by atoms with Crippen LogP contribution in [0.4, 0.5) is 5.69 Å². The van der Waals surface area contributed by atoms with Crippen LogP contribution in [-0.4, -0.2) is 31.7 Å². The third kappa shape index (κ3) is 2.74. The van der Waals surface area contributed by atoms with Gasteiger partial charge in [-0.2, -0.15) is 0 Å². The smallest absolute Gasteiger partial charge is 0.312 e. The molecular weight excluding hydrogens is 272 g/mol. The molecule has 0 aromatic heterocycles. The summed E-state index contributed by atoms with van der Waals surface area (Å²) < 4.78 is 0.870. The quantitative estimate of drug-likeness (QED) is 0.883. The summed E-state index contributed by atoms with van der Waals surface area (Å²) in [6.07, 6.45) is 0. The molecule has 0 radical (unpaired) electrons. The van der Waals surface area contributed by atoms with Crippen molar-refractivity contribution >= 4 is 27.6 Å². The summed E-state index contributed by atoms with van der Waals surface area (Å²) in [6.45, 7) is 0.100. The number of carbonyl (C=O) groups is 1. The van der Waals surface area contributed by atoms with Gasteiger partial charge in [0.1, 0.15) is 0 Å². The van der Waals surface area contributed by atoms with Crippen molar-refractivity contribution < 1.29 is 9.90 Å². The summed E-state index contributed by atoms with van der Waals surface area (Å²) in [6, 6.07) is 5.48. The summed E-state index contributed by atoms with van der Waals surface area (Å²) >= 11 is 3.42. The molecule has 0 spiro atoms. The Hall–Kier alpha value is -1.07. The third-order valence-electron chi connectivity index (χ3n) is 2.39. The van der Waals surface area contributed by atoms with E-state index in [-0.39, 0.29) is 6.54 Å². The standard InChI is InChI=1S/C11H15BrN2O2/c1-14(2)10-4-3-7(5-9(10)12)8(6-13)11(15)16/h3-5,8H,6,13H2,1-2H3,(H,15,16). The van der Waals surface area contributed by atoms with E-state index in [9.17, 15) is 4.79 Å². The monoisotopic (exact) mass is 286 g/mol. The summed E-state index contributed by atoms with van der Waals surface area (Å²) in [5.41, 5.74) is 7.17. The lowest BCUT2D eigenvalue weighted by Gasteiger charge is -2.17. The highest BCUT2D eigenvalue weighted by Crippen LogP contribution is 2.28. The van der Waals surface area contributed by atoms with Crippen LogP contribution < -0.4 is 10.6 Å². The van der Waals surface area contributed by atoms with Gasteiger partial charge in [-0.15, -0.1) is 0 Å². The molecule has 0 saturated heterocycles. The first-order valence-corrected chi connectivity index (χ1v) is 5.66. The molecule has 88 valence electrons. The van der Waals surface area contributed by atoms with Crippen molar-refractivity contribution in [1.29, 1.82) is 0 Å². The zero-order valence-corrected chi connectivity index (χ0v) is 10.9. The second-order valence-electron chi connectivity index (χ2n) is 3.73. The van der Waals surface area contributed by atoms with Crippen LogP contribution >= 0.6 is 15.9 Å². The lowest BCUT2D eigenvalue weighted by Crippen LogP contribution is -2.21. The minimum atomic E-state index is -0.896. The number of benzene rings is 1. The van der Waals surface area contributed by atoms with Gasteiger partial charge in [0.05, 0.1) is 11.6 Å². The van der Waals surface area contributed by atoms with E-state index in [1.54, 1.807) is 12.1 Å². The van der Waals surface area contributed by atoms with Crippen molar-refractivity contribution in [3.8, 4) is 0 Å². The molecule has 0 saturated carbocycles. The van der Waals surface area contributed by atoms with Crippen molar-refractivity contribution in [3.05, 3.63) is 28.2 Å². The van der Waals surface area contributed by atoms with E-state index in [4.69, 9.17) is 10.8 Å². The SMILES string of the molecule is CN(C)c1ccc(C(CN)C(=O)O)cc1Br. The molecule has 3 N–H and O–H groups in total. The molecule has 5 heteroatoms. The minimum Gasteiger partial charge on any atom is -0.481 e. The average molecular weight is 287 g/mol. The highest BCUT2D eigenvalue weighted by Gasteiger charge is 2.18. The fourth-order valence-electron chi connectivity index (χ4n) is 1.48. The van der Waals surface area contributed by atoms with Gasteiger partial charge in [0.2, 0.25) is 0 Å². The molecule has 0 amide bonds. The van der Waals surface area contributed by atoms with E-state index >= 15 is 0 Å². The second kappa shape index (κ2) is 5.32. The number of hydrogen-bond donors (Lipinski definition) is 2. The molecule has 1 atom stereocenters. The van der Waals surface area contributed by atoms with Crippen LogP contribution in [0, 0.1) is 0 Å². The zero-order valence-electron chi connectivity index (χ0n) is 9.27. The molecule has 1 unspecified atom stereocenters. The average Bonchev–Trinajstić information content (AvgIpc) is 2.17. The van der Waals surface area contributed by atoms with Gasteiger partial charge in [0, 0.05) is 25.1 Å². The third-order valence-corrected chi connectivity index (χ3v) is 3.02. The Kier molecular flexibility index (Phi) is 4.32. The lowest BCUT2D eigenvalue weighted by molar-refractivity contribution is -0.138. The number of hydrogen-bond acceptors (Lipinski definition) is 3. The first kappa shape index (κ1) is 13.0. The van der Waals surface area contributed by atoms with Crippen LogP contribution in [0.2, 0.25) is 0 Å². The van der Waals surface area contributed by atoms with Gasteiger partial charge in [0.25, 0.3) is 0 Å². The Bertz CT molecular complexity index is 394. The van der Waals surface area contributed by atoms with Crippen LogP contribution in [0.5, 0.6) is 0 Å². The van der Waals surface area contributed by atoms with Gasteiger partial charge < -0.3 is 15.7 Å². The molecular formula is C11H15BrN2O2. The van der Waals surface area contributed by atoms with E-state index in [1.165, 1.54) is 0 Å². The number of anilines is 1. The highest BCUT2D eigenvalue weighted by molar-refractivity contribution is 9.10. The Morgan fingerprint density at radius 2 is 2.19 bits per heavy atom. The van der Waals surface area contributed by atoms with Gasteiger partial charge in [-0.1, -0.05) is 6.07 Å². The maximum Gasteiger partial charge on any atom is 0.312 e. The number of aliphatic carboxylic acids is 1. The molecule has 1 rings (SSSR count). The Morgan fingerprint density at radius 3 is 2.56 bits per heavy atom. The zero-order chi connectivity index (χ0) is 12.3. The van der Waals surface area contributed by atoms with Gasteiger partial charge in [-0.3, -0.25) is 4.79 Å². The summed E-state index contributed by atoms with van der Waals surface area (Å²) in [4.78, 5) is 12.9. The van der Waals surface area contributed by atoms with Gasteiger partial charge >= 0.3 is 5.97 Å². The fraction of sp³-hybridized carbons (Fsp3) is 0.364. The Balaban J connectivity index is 3.09. The first-order valence-electron chi connectivity index (χ1n) is 4.87. The van der Waals surface area contributed by atoms with E-state index in [0.717, 1.165) is 10.2 Å². The largest absolute Gasteiger partial charge is 0.481 e. The molecule has 1 aromatic rings. The molecule has 0 bridgehead atoms. The molecule has 0 fully saturated rings. The van der Waals surface area contributed by atoms with Gasteiger partial charge in [-0.25, -0.2) is 0 Å². The van der Waals surface area contributed by atoms with Crippen molar-refractivity contribution in [2.24, 2.45) is 5.73 Å². The summed E-state index contributed by atoms with van der Waals surface area (Å²) in [5, 5.41) is 8.99. The van der Waals surface area contributed by atoms with Crippen molar-refractivity contribution in [2.45, 2.75) is 5.92 Å². The van der Waals surface area contributed by atoms with E-state index in [0.29, 0.717) is 5.56 Å². The number of carboxylic acid groups (broad SMARTS) is 1. The maximum atomic E-state index is 11.0. The van der Waals surface area contributed by atoms with Gasteiger partial charge in [0.15, 0.2) is 0 Å². The normalized spacial score (nSPS) is 12.2. The number of halogens is 1. The Labute approximate surface area is 103 Å². The number of rotatable bonds is 4. The Morgan fingerprint density at radius 1 is 1.56 bits per heavy atom. The molecule has 0 aliphatic rings. The van der Waals surface area contributed by atoms with E-state index < -0.39 is 11.9 Å². The summed E-state index contributed by atoms with van der Waals surface area (Å²) in [7, 11) is 3.86. The highest BCUT2D eigenvalue weighted by atomic mass is 79.9. The molecule has 16 heavy (non-hydrogen) atoms. The lowest BCUT2D eigenvalue weighted by atomic mass is 9.99. The molecule has 0 aliphatic heterocycles. The van der Waals surface area contributed by atoms with Crippen LogP contribution in [0.25, 0.3) is 0 Å². The van der Waals surface area contributed by atoms with Crippen molar-refractivity contribution in [2.75, 3.05) is 25.5 Å². The van der Waals surface area contributed by atoms with Crippen molar-refractivity contribution in [1.82, 2.24) is 0 Å². The topological polar surface area (TPSA) is 66.6 Å². The van der Waals surface area contributed by atoms with Crippen LogP contribution in [0.1, 0.15) is 11.5 Å². The minimum absolute atomic E-state index is 0.100. The van der Waals surface area contributed by atoms with Crippen LogP contribution in [0.15, 0.2) is 22.7 Å². The molecule has 0 aliphatic carbocycles. The number of carboxylic acids is 1. The van der Waals surface area contributed by atoms with E-state index in [2.05, 4.69) is 15.9 Å². The first-order chi connectivity index (χ1) is 7.47. The van der Waals surface area contributed by atoms with Crippen LogP contribution in [0.3, 0.4) is 0 Å². The van der Waals surface area contributed by atoms with Crippen LogP contribution in [-0.2, 0) is 4.79 Å². The molecule has 0 heterocycles. The fourth-order valence-corrected chi connectivity index (χ4v) is 2.23. The maximum absolute atomic E-state index is 11.0. The van der Waals surface area contributed by atoms with Gasteiger partial charge in [-0.05, 0) is 33.6 Å². The number of nitrogens with two attached hydrogens (primary N) is 1. The predicted molar refractivity (Wildman–Crippen MR) is 67.9 cm³/mol. The summed E-state index contributed by atoms with van der Waals surface area (Å²) in [5.74, 6) is -1.54. The predicted octanol–water partition coefficient (Wildman–Crippen LogP) is 1.64.